The molecule has 0 bridgehead atoms. The van der Waals surface area contributed by atoms with Crippen LogP contribution in [-0.4, -0.2) is 17.8 Å². The average molecular weight is 171 g/mol. The lowest BCUT2D eigenvalue weighted by Crippen LogP contribution is -2.34. The summed E-state index contributed by atoms with van der Waals surface area (Å²) in [5.74, 6) is 0.312. The summed E-state index contributed by atoms with van der Waals surface area (Å²) in [6.07, 6.45) is 4.34. The number of aliphatic hydroxyl groups excluding tert-OH is 1. The molecule has 1 aliphatic rings. The van der Waals surface area contributed by atoms with Gasteiger partial charge in [-0.3, -0.25) is 0 Å². The summed E-state index contributed by atoms with van der Waals surface area (Å²) in [4.78, 5) is 0. The maximum Gasteiger partial charge on any atom is 0.0636 e. The van der Waals surface area contributed by atoms with E-state index in [9.17, 15) is 5.11 Å². The summed E-state index contributed by atoms with van der Waals surface area (Å²) in [6.45, 7) is 4.89. The van der Waals surface area contributed by atoms with E-state index in [4.69, 9.17) is 5.73 Å². The summed E-state index contributed by atoms with van der Waals surface area (Å²) < 4.78 is 0. The lowest BCUT2D eigenvalue weighted by molar-refractivity contribution is 0.0362. The van der Waals surface area contributed by atoms with Crippen molar-refractivity contribution in [3.8, 4) is 0 Å². The summed E-state index contributed by atoms with van der Waals surface area (Å²) >= 11 is 0. The molecule has 0 aliphatic heterocycles. The minimum atomic E-state index is -0.155. The maximum atomic E-state index is 10.0. The van der Waals surface area contributed by atoms with Gasteiger partial charge in [-0.25, -0.2) is 0 Å². The molecule has 2 unspecified atom stereocenters. The fraction of sp³-hybridized carbons (Fsp3) is 1.00. The van der Waals surface area contributed by atoms with E-state index in [0.29, 0.717) is 12.5 Å². The van der Waals surface area contributed by atoms with Crippen molar-refractivity contribution in [3.05, 3.63) is 0 Å². The van der Waals surface area contributed by atoms with Crippen LogP contribution in [0.3, 0.4) is 0 Å². The third kappa shape index (κ3) is 1.64. The van der Waals surface area contributed by atoms with Crippen molar-refractivity contribution in [2.75, 3.05) is 6.54 Å². The van der Waals surface area contributed by atoms with E-state index in [0.717, 1.165) is 12.8 Å². The minimum absolute atomic E-state index is 0.155. The molecule has 2 heteroatoms. The summed E-state index contributed by atoms with van der Waals surface area (Å²) in [6, 6.07) is 0. The van der Waals surface area contributed by atoms with Crippen LogP contribution in [0.4, 0.5) is 0 Å². The second kappa shape index (κ2) is 3.75. The Morgan fingerprint density at radius 3 is 2.25 bits per heavy atom. The van der Waals surface area contributed by atoms with Crippen LogP contribution >= 0.6 is 0 Å². The van der Waals surface area contributed by atoms with E-state index in [-0.39, 0.29) is 11.5 Å². The van der Waals surface area contributed by atoms with Gasteiger partial charge in [0.15, 0.2) is 0 Å². The first kappa shape index (κ1) is 10.0. The van der Waals surface area contributed by atoms with Crippen LogP contribution in [0.2, 0.25) is 0 Å². The average Bonchev–Trinajstić information content (AvgIpc) is 2.86. The molecular formula is C10H21NO. The van der Waals surface area contributed by atoms with Crippen molar-refractivity contribution in [1.82, 2.24) is 0 Å². The van der Waals surface area contributed by atoms with E-state index in [1.165, 1.54) is 12.8 Å². The second-order valence-corrected chi connectivity index (χ2v) is 4.06. The Kier molecular flexibility index (Phi) is 3.13. The van der Waals surface area contributed by atoms with Crippen molar-refractivity contribution in [3.63, 3.8) is 0 Å². The molecule has 1 saturated carbocycles. The Labute approximate surface area is 75.2 Å². The highest BCUT2D eigenvalue weighted by atomic mass is 16.3. The normalized spacial score (nSPS) is 25.0. The molecule has 1 rings (SSSR count). The molecular weight excluding hydrogens is 150 g/mol. The van der Waals surface area contributed by atoms with Gasteiger partial charge in [0.1, 0.15) is 0 Å². The number of nitrogens with two attached hydrogens (primary N) is 1. The Balaban J connectivity index is 2.50. The summed E-state index contributed by atoms with van der Waals surface area (Å²) in [7, 11) is 0. The Bertz CT molecular complexity index is 139. The molecule has 0 radical (unpaired) electrons. The van der Waals surface area contributed by atoms with Gasteiger partial charge in [-0.05, 0) is 43.6 Å². The number of hydrogen-bond acceptors (Lipinski definition) is 2. The molecule has 0 aromatic heterocycles. The highest BCUT2D eigenvalue weighted by Gasteiger charge is 2.48. The first-order valence-corrected chi connectivity index (χ1v) is 5.08. The molecule has 1 fully saturated rings. The fourth-order valence-electron chi connectivity index (χ4n) is 2.04. The predicted molar refractivity (Wildman–Crippen MR) is 50.8 cm³/mol. The van der Waals surface area contributed by atoms with Crippen LogP contribution in [0.15, 0.2) is 0 Å². The fourth-order valence-corrected chi connectivity index (χ4v) is 2.04. The van der Waals surface area contributed by atoms with Gasteiger partial charge in [-0.1, -0.05) is 13.8 Å². The van der Waals surface area contributed by atoms with Crippen LogP contribution in [0.25, 0.3) is 0 Å². The van der Waals surface area contributed by atoms with Crippen molar-refractivity contribution >= 4 is 0 Å². The van der Waals surface area contributed by atoms with Crippen molar-refractivity contribution in [2.45, 2.75) is 45.6 Å². The van der Waals surface area contributed by atoms with E-state index < -0.39 is 0 Å². The largest absolute Gasteiger partial charge is 0.392 e. The first-order chi connectivity index (χ1) is 5.70. The zero-order chi connectivity index (χ0) is 9.19. The maximum absolute atomic E-state index is 10.0. The van der Waals surface area contributed by atoms with E-state index in [1.54, 1.807) is 0 Å². The van der Waals surface area contributed by atoms with Gasteiger partial charge in [0.2, 0.25) is 0 Å². The molecule has 0 saturated heterocycles. The molecule has 0 heterocycles. The molecule has 2 nitrogen and oxygen atoms in total. The van der Waals surface area contributed by atoms with Crippen LogP contribution in [0, 0.1) is 11.3 Å². The van der Waals surface area contributed by atoms with Crippen molar-refractivity contribution in [2.24, 2.45) is 17.1 Å². The topological polar surface area (TPSA) is 46.2 Å². The molecule has 0 amide bonds. The predicted octanol–water partition coefficient (Wildman–Crippen LogP) is 1.52. The molecule has 12 heavy (non-hydrogen) atoms. The number of hydrogen-bond donors (Lipinski definition) is 2. The van der Waals surface area contributed by atoms with Crippen molar-refractivity contribution < 1.29 is 5.11 Å². The van der Waals surface area contributed by atoms with Gasteiger partial charge in [-0.2, -0.15) is 0 Å². The SMILES string of the molecule is CCC(CN)C(O)C1(CC)CC1. The van der Waals surface area contributed by atoms with Gasteiger partial charge in [0.05, 0.1) is 6.10 Å². The Hall–Kier alpha value is -0.0800. The number of rotatable bonds is 5. The van der Waals surface area contributed by atoms with Gasteiger partial charge in [0, 0.05) is 0 Å². The Morgan fingerprint density at radius 2 is 2.00 bits per heavy atom. The number of aliphatic hydroxyl groups is 1. The quantitative estimate of drug-likeness (QED) is 0.659. The standard InChI is InChI=1S/C10H21NO/c1-3-8(7-11)9(12)10(4-2)5-6-10/h8-9,12H,3-7,11H2,1-2H3. The van der Waals surface area contributed by atoms with Crippen LogP contribution < -0.4 is 5.73 Å². The smallest absolute Gasteiger partial charge is 0.0636 e. The molecule has 2 atom stereocenters. The molecule has 1 aliphatic carbocycles. The van der Waals surface area contributed by atoms with Gasteiger partial charge >= 0.3 is 0 Å². The molecule has 0 spiro atoms. The van der Waals surface area contributed by atoms with Crippen molar-refractivity contribution in [1.29, 1.82) is 0 Å². The van der Waals surface area contributed by atoms with E-state index in [2.05, 4.69) is 13.8 Å². The van der Waals surface area contributed by atoms with Gasteiger partial charge in [0.25, 0.3) is 0 Å². The van der Waals surface area contributed by atoms with Gasteiger partial charge in [-0.15, -0.1) is 0 Å². The molecule has 72 valence electrons. The lowest BCUT2D eigenvalue weighted by Gasteiger charge is -2.27. The minimum Gasteiger partial charge on any atom is -0.392 e. The lowest BCUT2D eigenvalue weighted by atomic mass is 9.85. The van der Waals surface area contributed by atoms with E-state index >= 15 is 0 Å². The summed E-state index contributed by atoms with van der Waals surface area (Å²) in [5, 5.41) is 10.0. The van der Waals surface area contributed by atoms with Crippen LogP contribution in [0.5, 0.6) is 0 Å². The zero-order valence-electron chi connectivity index (χ0n) is 8.21. The summed E-state index contributed by atoms with van der Waals surface area (Å²) in [5.41, 5.74) is 5.85. The van der Waals surface area contributed by atoms with Crippen LogP contribution in [0.1, 0.15) is 39.5 Å². The third-order valence-corrected chi connectivity index (χ3v) is 3.50. The highest BCUT2D eigenvalue weighted by Crippen LogP contribution is 2.53. The second-order valence-electron chi connectivity index (χ2n) is 4.06. The van der Waals surface area contributed by atoms with E-state index in [1.807, 2.05) is 0 Å². The molecule has 3 N–H and O–H groups in total. The zero-order valence-corrected chi connectivity index (χ0v) is 8.21. The molecule has 0 aromatic rings. The Morgan fingerprint density at radius 1 is 1.42 bits per heavy atom. The monoisotopic (exact) mass is 171 g/mol. The van der Waals surface area contributed by atoms with Gasteiger partial charge < -0.3 is 10.8 Å². The first-order valence-electron chi connectivity index (χ1n) is 5.08. The highest BCUT2D eigenvalue weighted by molar-refractivity contribution is 4.99. The van der Waals surface area contributed by atoms with Crippen LogP contribution in [-0.2, 0) is 0 Å². The molecule has 0 aromatic carbocycles. The third-order valence-electron chi connectivity index (χ3n) is 3.50.